The zero-order valence-corrected chi connectivity index (χ0v) is 24.8. The largest absolute Gasteiger partial charge is 0.460 e. The number of unbranched alkanes of at least 4 members (excludes halogenated alkanes) is 10. The number of nitrogens with zero attached hydrogens (tertiary/aromatic N) is 1. The van der Waals surface area contributed by atoms with Crippen molar-refractivity contribution < 1.29 is 27.2 Å². The number of hydrogen-bond acceptors (Lipinski definition) is 5. The SMILES string of the molecule is CCCCCCCCCCCCC(OCCCCS(=O)(=O)CCC[N+](C)(C)C)C(CC)OC(C)=O. The number of rotatable bonds is 24. The highest BCUT2D eigenvalue weighted by atomic mass is 32.2. The molecule has 6 nitrogen and oxygen atoms in total. The quantitative estimate of drug-likeness (QED) is 0.0846. The molecule has 0 N–H and O–H groups in total. The van der Waals surface area contributed by atoms with E-state index in [1.807, 2.05) is 6.92 Å². The number of hydrogen-bond donors (Lipinski definition) is 0. The van der Waals surface area contributed by atoms with Gasteiger partial charge in [-0.05, 0) is 25.7 Å². The van der Waals surface area contributed by atoms with E-state index in [0.717, 1.165) is 30.3 Å². The average molecular weight is 521 g/mol. The molecule has 0 bridgehead atoms. The molecule has 0 fully saturated rings. The van der Waals surface area contributed by atoms with E-state index in [1.165, 1.54) is 64.7 Å². The van der Waals surface area contributed by atoms with Crippen molar-refractivity contribution in [2.45, 2.75) is 129 Å². The Morgan fingerprint density at radius 3 is 1.80 bits per heavy atom. The molecule has 0 rings (SSSR count). The Morgan fingerprint density at radius 1 is 0.743 bits per heavy atom. The van der Waals surface area contributed by atoms with E-state index in [0.29, 0.717) is 25.9 Å². The first-order chi connectivity index (χ1) is 16.5. The van der Waals surface area contributed by atoms with Crippen molar-refractivity contribution in [1.29, 1.82) is 0 Å². The molecule has 0 saturated heterocycles. The molecule has 0 radical (unpaired) electrons. The minimum Gasteiger partial charge on any atom is -0.460 e. The molecule has 2 unspecified atom stereocenters. The lowest BCUT2D eigenvalue weighted by Gasteiger charge is -2.26. The van der Waals surface area contributed by atoms with Crippen molar-refractivity contribution in [3.05, 3.63) is 0 Å². The second-order valence-electron chi connectivity index (χ2n) is 11.2. The predicted molar refractivity (Wildman–Crippen MR) is 147 cm³/mol. The van der Waals surface area contributed by atoms with Crippen molar-refractivity contribution in [1.82, 2.24) is 0 Å². The van der Waals surface area contributed by atoms with Gasteiger partial charge in [-0.1, -0.05) is 78.1 Å². The van der Waals surface area contributed by atoms with Crippen LogP contribution in [0, 0.1) is 0 Å². The van der Waals surface area contributed by atoms with Gasteiger partial charge in [-0.2, -0.15) is 0 Å². The second-order valence-corrected chi connectivity index (χ2v) is 13.5. The number of ether oxygens (including phenoxy) is 2. The summed E-state index contributed by atoms with van der Waals surface area (Å²) in [6, 6.07) is 0. The molecule has 35 heavy (non-hydrogen) atoms. The summed E-state index contributed by atoms with van der Waals surface area (Å²) in [5.41, 5.74) is 0. The molecule has 0 saturated carbocycles. The van der Waals surface area contributed by atoms with Gasteiger partial charge in [0.1, 0.15) is 6.10 Å². The summed E-state index contributed by atoms with van der Waals surface area (Å²) in [7, 11) is 3.23. The summed E-state index contributed by atoms with van der Waals surface area (Å²) in [6.07, 6.45) is 16.1. The molecule has 7 heteroatoms. The normalized spacial score (nSPS) is 14.1. The first-order valence-electron chi connectivity index (χ1n) is 14.3. The van der Waals surface area contributed by atoms with Gasteiger partial charge < -0.3 is 14.0 Å². The van der Waals surface area contributed by atoms with Gasteiger partial charge in [0.15, 0.2) is 9.84 Å². The van der Waals surface area contributed by atoms with Crippen molar-refractivity contribution >= 4 is 15.8 Å². The summed E-state index contributed by atoms with van der Waals surface area (Å²) >= 11 is 0. The van der Waals surface area contributed by atoms with E-state index in [9.17, 15) is 13.2 Å². The molecule has 0 aromatic rings. The molecule has 210 valence electrons. The van der Waals surface area contributed by atoms with Gasteiger partial charge in [0.25, 0.3) is 0 Å². The van der Waals surface area contributed by atoms with Crippen LogP contribution in [0.15, 0.2) is 0 Å². The third-order valence-electron chi connectivity index (χ3n) is 6.44. The molecule has 0 aliphatic heterocycles. The van der Waals surface area contributed by atoms with Crippen LogP contribution in [0.25, 0.3) is 0 Å². The van der Waals surface area contributed by atoms with Crippen LogP contribution in [0.5, 0.6) is 0 Å². The van der Waals surface area contributed by atoms with Gasteiger partial charge in [-0.15, -0.1) is 0 Å². The van der Waals surface area contributed by atoms with E-state index < -0.39 is 9.84 Å². The van der Waals surface area contributed by atoms with Crippen molar-refractivity contribution in [2.24, 2.45) is 0 Å². The van der Waals surface area contributed by atoms with Gasteiger partial charge in [-0.3, -0.25) is 4.79 Å². The Hall–Kier alpha value is -0.660. The van der Waals surface area contributed by atoms with Crippen LogP contribution >= 0.6 is 0 Å². The third kappa shape index (κ3) is 22.3. The number of carbonyl (C=O) groups is 1. The van der Waals surface area contributed by atoms with E-state index in [1.54, 1.807) is 0 Å². The topological polar surface area (TPSA) is 69.7 Å². The van der Waals surface area contributed by atoms with E-state index >= 15 is 0 Å². The van der Waals surface area contributed by atoms with Crippen LogP contribution in [-0.4, -0.2) is 76.9 Å². The minimum atomic E-state index is -3.01. The first kappa shape index (κ1) is 34.3. The fourth-order valence-electron chi connectivity index (χ4n) is 4.36. The van der Waals surface area contributed by atoms with Crippen LogP contribution in [0.4, 0.5) is 0 Å². The Balaban J connectivity index is 4.28. The van der Waals surface area contributed by atoms with Crippen LogP contribution in [0.1, 0.15) is 117 Å². The van der Waals surface area contributed by atoms with Crippen LogP contribution in [-0.2, 0) is 24.1 Å². The summed E-state index contributed by atoms with van der Waals surface area (Å²) in [6.45, 7) is 7.09. The van der Waals surface area contributed by atoms with Gasteiger partial charge in [0, 0.05) is 20.0 Å². The lowest BCUT2D eigenvalue weighted by Crippen LogP contribution is -2.36. The highest BCUT2D eigenvalue weighted by Gasteiger charge is 2.23. The van der Waals surface area contributed by atoms with Gasteiger partial charge in [-0.25, -0.2) is 8.42 Å². The number of carbonyl (C=O) groups excluding carboxylic acids is 1. The summed E-state index contributed by atoms with van der Waals surface area (Å²) in [5, 5.41) is 0. The predicted octanol–water partition coefficient (Wildman–Crippen LogP) is 6.32. The molecule has 0 aliphatic rings. The van der Waals surface area contributed by atoms with Gasteiger partial charge >= 0.3 is 5.97 Å². The van der Waals surface area contributed by atoms with Crippen LogP contribution < -0.4 is 0 Å². The monoisotopic (exact) mass is 520 g/mol. The van der Waals surface area contributed by atoms with E-state index in [2.05, 4.69) is 28.1 Å². The Labute approximate surface area is 218 Å². The summed E-state index contributed by atoms with van der Waals surface area (Å²) in [5.74, 6) is 0.209. The second kappa shape index (κ2) is 20.4. The maximum atomic E-state index is 12.3. The smallest absolute Gasteiger partial charge is 0.302 e. The van der Waals surface area contributed by atoms with Crippen LogP contribution in [0.2, 0.25) is 0 Å². The highest BCUT2D eigenvalue weighted by molar-refractivity contribution is 7.91. The molecule has 0 aromatic carbocycles. The minimum absolute atomic E-state index is 0.112. The lowest BCUT2D eigenvalue weighted by molar-refractivity contribution is -0.870. The van der Waals surface area contributed by atoms with Crippen molar-refractivity contribution in [3.8, 4) is 0 Å². The molecule has 2 atom stereocenters. The Bertz CT molecular complexity index is 615. The fraction of sp³-hybridized carbons (Fsp3) is 0.964. The van der Waals surface area contributed by atoms with E-state index in [-0.39, 0.29) is 29.7 Å². The van der Waals surface area contributed by atoms with Crippen LogP contribution in [0.3, 0.4) is 0 Å². The molecular formula is C28H58NO5S+. The zero-order valence-electron chi connectivity index (χ0n) is 24.0. The van der Waals surface area contributed by atoms with E-state index in [4.69, 9.17) is 9.47 Å². The molecule has 0 aromatic heterocycles. The van der Waals surface area contributed by atoms with Gasteiger partial charge in [0.05, 0.1) is 45.3 Å². The highest BCUT2D eigenvalue weighted by Crippen LogP contribution is 2.18. The molecule has 0 aliphatic carbocycles. The molecule has 0 heterocycles. The number of quaternary nitrogens is 1. The molecule has 0 amide bonds. The van der Waals surface area contributed by atoms with Crippen molar-refractivity contribution in [2.75, 3.05) is 45.8 Å². The third-order valence-corrected chi connectivity index (χ3v) is 8.26. The maximum absolute atomic E-state index is 12.3. The first-order valence-corrected chi connectivity index (χ1v) is 16.1. The number of esters is 1. The zero-order chi connectivity index (χ0) is 26.6. The summed E-state index contributed by atoms with van der Waals surface area (Å²) in [4.78, 5) is 11.5. The number of sulfone groups is 1. The standard InChI is InChI=1S/C28H58NO5S/c1-7-9-10-11-12-13-14-15-16-17-21-28(27(8-2)34-26(3)30)33-23-18-19-24-35(31,32)25-20-22-29(4,5)6/h27-28H,7-25H2,1-6H3/q+1. The lowest BCUT2D eigenvalue weighted by atomic mass is 10.0. The Morgan fingerprint density at radius 2 is 1.29 bits per heavy atom. The van der Waals surface area contributed by atoms with Gasteiger partial charge in [0.2, 0.25) is 0 Å². The average Bonchev–Trinajstić information content (AvgIpc) is 2.76. The maximum Gasteiger partial charge on any atom is 0.302 e. The fourth-order valence-corrected chi connectivity index (χ4v) is 5.78. The molecule has 0 spiro atoms. The molecular weight excluding hydrogens is 462 g/mol. The Kier molecular flexibility index (Phi) is 20.0. The van der Waals surface area contributed by atoms with Crippen molar-refractivity contribution in [3.63, 3.8) is 0 Å². The summed E-state index contributed by atoms with van der Waals surface area (Å²) < 4.78 is 37.1.